The molecule has 510 valence electrons. The maximum Gasteiger partial charge on any atom is 0.335 e. The van der Waals surface area contributed by atoms with E-state index in [0.717, 1.165) is 44.9 Å². The Morgan fingerprint density at radius 3 is 1.75 bits per heavy atom. The van der Waals surface area contributed by atoms with Crippen molar-refractivity contribution in [3.8, 4) is 0 Å². The molecule has 0 aromatic carbocycles. The zero-order valence-corrected chi connectivity index (χ0v) is 52.2. The van der Waals surface area contributed by atoms with Gasteiger partial charge in [0, 0.05) is 23.7 Å². The second kappa shape index (κ2) is 24.3. The highest BCUT2D eigenvalue weighted by Crippen LogP contribution is 2.81. The standard InChI is InChI=1S/C61H98O28/c1-25-34(66)38(70)44(88-53-47(74)60(77,22-64)24-78-53)50(80-25)87-45-39(71)36(68)28(21-63)83-51(45)85-42-41(73)43(48(75)76)86-52(46(42)89-49-40(72)37(69)35(67)27(20-62)82-49)84-32-12-13-56(7)29(55(32,5)6)10-14-57(8)30(56)11-15-61-31-18-54(3,4)16-17-59(31,23-79-61)33(81-26(2)65)19-58(57,61)9/h25,27-47,49-53,62-64,66-74,77H,10-24H2,1-9H3,(H,75,76). The van der Waals surface area contributed by atoms with E-state index < -0.39 is 196 Å². The fourth-order valence-corrected chi connectivity index (χ4v) is 19.4. The molecule has 11 fully saturated rings. The summed E-state index contributed by atoms with van der Waals surface area (Å²) in [7, 11) is 0. The first-order chi connectivity index (χ1) is 41.6. The lowest BCUT2D eigenvalue weighted by molar-refractivity contribution is -0.409. The number of esters is 1. The maximum atomic E-state index is 13.4. The Labute approximate surface area is 516 Å². The van der Waals surface area contributed by atoms with E-state index in [0.29, 0.717) is 25.9 Å². The third kappa shape index (κ3) is 10.8. The summed E-state index contributed by atoms with van der Waals surface area (Å²) in [5, 5.41) is 154. The molecular weight excluding hydrogens is 1180 g/mol. The van der Waals surface area contributed by atoms with Crippen molar-refractivity contribution < 1.29 is 138 Å². The van der Waals surface area contributed by atoms with Gasteiger partial charge in [0.15, 0.2) is 37.6 Å². The van der Waals surface area contributed by atoms with Gasteiger partial charge in [-0.3, -0.25) is 4.79 Å². The minimum atomic E-state index is -2.31. The first-order valence-corrected chi connectivity index (χ1v) is 31.9. The highest BCUT2D eigenvalue weighted by molar-refractivity contribution is 5.73. The van der Waals surface area contributed by atoms with Gasteiger partial charge in [-0.1, -0.05) is 48.5 Å². The van der Waals surface area contributed by atoms with Crippen LogP contribution in [0, 0.1) is 50.2 Å². The third-order valence-corrected chi connectivity index (χ3v) is 24.7. The van der Waals surface area contributed by atoms with E-state index in [2.05, 4.69) is 48.5 Å². The van der Waals surface area contributed by atoms with Crippen molar-refractivity contribution in [1.82, 2.24) is 0 Å². The van der Waals surface area contributed by atoms with Crippen molar-refractivity contribution in [2.45, 2.75) is 285 Å². The number of ether oxygens (including phenoxy) is 12. The molecule has 0 aromatic rings. The van der Waals surface area contributed by atoms with Crippen LogP contribution in [0.1, 0.15) is 127 Å². The second-order valence-electron chi connectivity index (χ2n) is 30.2. The number of aliphatic carboxylic acids is 1. The summed E-state index contributed by atoms with van der Waals surface area (Å²) in [6.07, 6.45) is -35.8. The zero-order chi connectivity index (χ0) is 64.8. The molecule has 6 aliphatic heterocycles. The van der Waals surface area contributed by atoms with Gasteiger partial charge in [0.05, 0.1) is 50.8 Å². The number of fused-ring (bicyclic) bond motifs is 4. The SMILES string of the molecule is CC(=O)OC1CC2(C)C3(C)CCC4C(C)(C)C(OC5OC(C(=O)O)C(O)C(OC6OC(CO)C(O)C(O)C6OC6OC(C)C(O)C(O)C6OC6OCC(O)(CO)C6O)C5OC5OC(CO)C(O)C(O)C5O)CCC4(C)C3CCC23OCC12CCC(C)(C)CC23. The number of carboxylic acids is 1. The quantitative estimate of drug-likeness (QED) is 0.0611. The average molecular weight is 1280 g/mol. The molecule has 1 spiro atoms. The topological polar surface area (TPSA) is 428 Å². The van der Waals surface area contributed by atoms with Crippen LogP contribution in [0.2, 0.25) is 0 Å². The molecule has 0 aromatic heterocycles. The molecule has 2 bridgehead atoms. The van der Waals surface area contributed by atoms with Crippen LogP contribution in [0.15, 0.2) is 0 Å². The Balaban J connectivity index is 0.914. The fraction of sp³-hybridized carbons (Fsp3) is 0.967. The summed E-state index contributed by atoms with van der Waals surface area (Å²) in [5.41, 5.74) is -4.63. The van der Waals surface area contributed by atoms with E-state index in [-0.39, 0.29) is 51.5 Å². The second-order valence-corrected chi connectivity index (χ2v) is 30.2. The number of rotatable bonds is 15. The van der Waals surface area contributed by atoms with Gasteiger partial charge in [-0.25, -0.2) is 4.79 Å². The zero-order valence-electron chi connectivity index (χ0n) is 52.2. The van der Waals surface area contributed by atoms with Gasteiger partial charge in [0.25, 0.3) is 0 Å². The Morgan fingerprint density at radius 1 is 0.539 bits per heavy atom. The summed E-state index contributed by atoms with van der Waals surface area (Å²) < 4.78 is 75.3. The van der Waals surface area contributed by atoms with E-state index in [9.17, 15) is 81.1 Å². The molecule has 89 heavy (non-hydrogen) atoms. The van der Waals surface area contributed by atoms with Crippen LogP contribution in [0.3, 0.4) is 0 Å². The number of aliphatic hydroxyl groups excluding tert-OH is 12. The van der Waals surface area contributed by atoms with Crippen molar-refractivity contribution >= 4 is 11.9 Å². The molecule has 11 rings (SSSR count). The van der Waals surface area contributed by atoms with Crippen molar-refractivity contribution in [1.29, 1.82) is 0 Å². The lowest BCUT2D eigenvalue weighted by Gasteiger charge is -2.75. The molecule has 6 heterocycles. The van der Waals surface area contributed by atoms with Gasteiger partial charge < -0.3 is 128 Å². The van der Waals surface area contributed by atoms with Crippen LogP contribution in [0.5, 0.6) is 0 Å². The molecule has 0 amide bonds. The van der Waals surface area contributed by atoms with Crippen molar-refractivity contribution in [3.05, 3.63) is 0 Å². The number of carbonyl (C=O) groups is 2. The van der Waals surface area contributed by atoms with Gasteiger partial charge in [0.1, 0.15) is 103 Å². The molecule has 6 saturated heterocycles. The highest BCUT2D eigenvalue weighted by Gasteiger charge is 2.81. The molecule has 11 aliphatic rings. The summed E-state index contributed by atoms with van der Waals surface area (Å²) in [5.74, 6) is -1.73. The number of hydrogen-bond acceptors (Lipinski definition) is 27. The van der Waals surface area contributed by atoms with Crippen LogP contribution in [-0.2, 0) is 66.4 Å². The molecule has 28 nitrogen and oxygen atoms in total. The van der Waals surface area contributed by atoms with Crippen LogP contribution in [0.4, 0.5) is 0 Å². The smallest absolute Gasteiger partial charge is 0.335 e. The lowest BCUT2D eigenvalue weighted by atomic mass is 9.30. The van der Waals surface area contributed by atoms with E-state index in [4.69, 9.17) is 56.8 Å². The summed E-state index contributed by atoms with van der Waals surface area (Å²) in [4.78, 5) is 26.4. The molecule has 0 radical (unpaired) electrons. The van der Waals surface area contributed by atoms with Gasteiger partial charge in [0.2, 0.25) is 0 Å². The first kappa shape index (κ1) is 68.4. The molecule has 14 N–H and O–H groups in total. The highest BCUT2D eigenvalue weighted by atomic mass is 16.8. The lowest BCUT2D eigenvalue weighted by Crippen LogP contribution is -2.74. The molecule has 33 atom stereocenters. The van der Waals surface area contributed by atoms with Gasteiger partial charge in [-0.05, 0) is 105 Å². The normalized spacial score (nSPS) is 55.1. The van der Waals surface area contributed by atoms with E-state index >= 15 is 0 Å². The third-order valence-electron chi connectivity index (χ3n) is 24.7. The molecular formula is C61H98O28. The Morgan fingerprint density at radius 2 is 1.12 bits per heavy atom. The molecule has 28 heteroatoms. The van der Waals surface area contributed by atoms with Crippen molar-refractivity contribution in [2.24, 2.45) is 50.2 Å². The van der Waals surface area contributed by atoms with Crippen LogP contribution < -0.4 is 0 Å². The van der Waals surface area contributed by atoms with E-state index in [1.165, 1.54) is 13.8 Å². The minimum absolute atomic E-state index is 0.0470. The predicted octanol–water partition coefficient (Wildman–Crippen LogP) is -2.20. The Kier molecular flexibility index (Phi) is 18.6. The van der Waals surface area contributed by atoms with Crippen LogP contribution >= 0.6 is 0 Å². The average Bonchev–Trinajstić information content (AvgIpc) is 1.63. The van der Waals surface area contributed by atoms with E-state index in [1.54, 1.807) is 0 Å². The predicted molar refractivity (Wildman–Crippen MR) is 298 cm³/mol. The first-order valence-electron chi connectivity index (χ1n) is 31.9. The number of aliphatic hydroxyl groups is 13. The van der Waals surface area contributed by atoms with Crippen molar-refractivity contribution in [3.63, 3.8) is 0 Å². The molecule has 33 unspecified atom stereocenters. The minimum Gasteiger partial charge on any atom is -0.479 e. The maximum absolute atomic E-state index is 13.4. The molecule has 5 saturated carbocycles. The van der Waals surface area contributed by atoms with Crippen LogP contribution in [0.25, 0.3) is 0 Å². The summed E-state index contributed by atoms with van der Waals surface area (Å²) >= 11 is 0. The van der Waals surface area contributed by atoms with Crippen LogP contribution in [-0.4, -0.2) is 275 Å². The Hall–Kier alpha value is -2.02. The number of carbonyl (C=O) groups excluding carboxylic acids is 1. The van der Waals surface area contributed by atoms with Gasteiger partial charge in [-0.15, -0.1) is 0 Å². The van der Waals surface area contributed by atoms with E-state index in [1.807, 2.05) is 0 Å². The Bertz CT molecular complexity index is 2550. The van der Waals surface area contributed by atoms with Gasteiger partial charge >= 0.3 is 11.9 Å². The fourth-order valence-electron chi connectivity index (χ4n) is 19.4. The largest absolute Gasteiger partial charge is 0.479 e. The number of carboxylic acid groups (broad SMARTS) is 1. The van der Waals surface area contributed by atoms with Crippen molar-refractivity contribution in [2.75, 3.05) is 33.0 Å². The summed E-state index contributed by atoms with van der Waals surface area (Å²) in [6, 6.07) is 0. The van der Waals surface area contributed by atoms with Gasteiger partial charge in [-0.2, -0.15) is 0 Å². The monoisotopic (exact) mass is 1280 g/mol. The molecule has 5 aliphatic carbocycles. The summed E-state index contributed by atoms with van der Waals surface area (Å²) in [6.45, 7) is 15.9. The number of hydrogen-bond donors (Lipinski definition) is 14.